The minimum absolute atomic E-state index is 0.0449. The van der Waals surface area contributed by atoms with Crippen molar-refractivity contribution in [2.24, 2.45) is 5.92 Å². The molecule has 0 aromatic carbocycles. The Labute approximate surface area is 127 Å². The highest BCUT2D eigenvalue weighted by molar-refractivity contribution is 7.15. The number of thiazole rings is 1. The van der Waals surface area contributed by atoms with E-state index in [9.17, 15) is 4.79 Å². The number of nitrogens with one attached hydrogen (secondary N) is 1. The van der Waals surface area contributed by atoms with E-state index in [1.54, 1.807) is 21.8 Å². The van der Waals surface area contributed by atoms with Gasteiger partial charge >= 0.3 is 0 Å². The van der Waals surface area contributed by atoms with Gasteiger partial charge in [0.25, 0.3) is 5.56 Å². The average molecular weight is 304 g/mol. The third kappa shape index (κ3) is 2.41. The first-order valence-electron chi connectivity index (χ1n) is 7.63. The molecule has 0 amide bonds. The highest BCUT2D eigenvalue weighted by Crippen LogP contribution is 2.25. The van der Waals surface area contributed by atoms with Crippen LogP contribution in [0.5, 0.6) is 0 Å². The molecule has 2 aromatic rings. The molecule has 2 unspecified atom stereocenters. The number of aryl methyl sites for hydroxylation is 1. The van der Waals surface area contributed by atoms with Crippen LogP contribution in [-0.4, -0.2) is 40.0 Å². The first-order valence-corrected chi connectivity index (χ1v) is 8.51. The fourth-order valence-corrected chi connectivity index (χ4v) is 4.57. The zero-order valence-electron chi connectivity index (χ0n) is 12.2. The van der Waals surface area contributed by atoms with Gasteiger partial charge in [-0.2, -0.15) is 0 Å². The lowest BCUT2D eigenvalue weighted by Crippen LogP contribution is -2.40. The van der Waals surface area contributed by atoms with E-state index in [0.29, 0.717) is 6.04 Å². The third-order valence-corrected chi connectivity index (χ3v) is 5.63. The van der Waals surface area contributed by atoms with Crippen molar-refractivity contribution >= 4 is 16.3 Å². The number of hydrogen-bond donors (Lipinski definition) is 1. The molecule has 5 nitrogen and oxygen atoms in total. The van der Waals surface area contributed by atoms with Gasteiger partial charge in [-0.1, -0.05) is 0 Å². The van der Waals surface area contributed by atoms with Crippen LogP contribution in [0.2, 0.25) is 0 Å². The molecule has 2 aliphatic heterocycles. The summed E-state index contributed by atoms with van der Waals surface area (Å²) < 4.78 is 1.69. The number of fused-ring (bicyclic) bond motifs is 2. The number of aromatic nitrogens is 2. The Balaban J connectivity index is 1.56. The quantitative estimate of drug-likeness (QED) is 0.907. The summed E-state index contributed by atoms with van der Waals surface area (Å²) in [6.07, 6.45) is 2.61. The minimum atomic E-state index is 0.0449. The van der Waals surface area contributed by atoms with Crippen LogP contribution in [-0.2, 0) is 6.54 Å². The molecule has 6 heteroatoms. The van der Waals surface area contributed by atoms with Crippen molar-refractivity contribution in [2.45, 2.75) is 32.4 Å². The first kappa shape index (κ1) is 13.4. The van der Waals surface area contributed by atoms with E-state index in [2.05, 4.69) is 15.2 Å². The van der Waals surface area contributed by atoms with Gasteiger partial charge in [0, 0.05) is 42.8 Å². The van der Waals surface area contributed by atoms with Gasteiger partial charge in [-0.3, -0.25) is 14.1 Å². The van der Waals surface area contributed by atoms with Crippen molar-refractivity contribution in [2.75, 3.05) is 19.6 Å². The van der Waals surface area contributed by atoms with Gasteiger partial charge in [0.05, 0.1) is 5.69 Å². The Morgan fingerprint density at radius 3 is 3.24 bits per heavy atom. The average Bonchev–Trinajstić information content (AvgIpc) is 3.02. The normalized spacial score (nSPS) is 26.3. The Morgan fingerprint density at radius 1 is 1.48 bits per heavy atom. The smallest absolute Gasteiger partial charge is 0.259 e. The van der Waals surface area contributed by atoms with Crippen molar-refractivity contribution in [3.63, 3.8) is 0 Å². The summed E-state index contributed by atoms with van der Waals surface area (Å²) in [5.41, 5.74) is 1.92. The summed E-state index contributed by atoms with van der Waals surface area (Å²) in [4.78, 5) is 20.1. The minimum Gasteiger partial charge on any atom is -0.312 e. The monoisotopic (exact) mass is 304 g/mol. The topological polar surface area (TPSA) is 49.6 Å². The standard InChI is InChI=1S/C15H20N4OS/c1-10-9-21-15-17-12(5-14(20)19(10)15)7-18-6-11-3-2-4-16-13(11)8-18/h5,9,11,13,16H,2-4,6-8H2,1H3. The van der Waals surface area contributed by atoms with E-state index in [0.717, 1.165) is 48.4 Å². The van der Waals surface area contributed by atoms with Gasteiger partial charge in [-0.15, -0.1) is 11.3 Å². The summed E-state index contributed by atoms with van der Waals surface area (Å²) in [5, 5.41) is 5.60. The lowest BCUT2D eigenvalue weighted by atomic mass is 9.94. The predicted octanol–water partition coefficient (Wildman–Crippen LogP) is 1.25. The lowest BCUT2D eigenvalue weighted by Gasteiger charge is -2.24. The van der Waals surface area contributed by atoms with Crippen LogP contribution in [0.25, 0.3) is 4.96 Å². The van der Waals surface area contributed by atoms with Gasteiger partial charge < -0.3 is 5.32 Å². The molecular formula is C15H20N4OS. The van der Waals surface area contributed by atoms with Gasteiger partial charge in [-0.05, 0) is 32.2 Å². The van der Waals surface area contributed by atoms with Crippen LogP contribution < -0.4 is 10.9 Å². The zero-order valence-corrected chi connectivity index (χ0v) is 13.0. The number of hydrogen-bond acceptors (Lipinski definition) is 5. The largest absolute Gasteiger partial charge is 0.312 e. The number of nitrogens with zero attached hydrogens (tertiary/aromatic N) is 3. The molecular weight excluding hydrogens is 284 g/mol. The maximum absolute atomic E-state index is 12.2. The fraction of sp³-hybridized carbons (Fsp3) is 0.600. The van der Waals surface area contributed by atoms with Gasteiger partial charge in [0.2, 0.25) is 0 Å². The van der Waals surface area contributed by atoms with Crippen LogP contribution in [0.3, 0.4) is 0 Å². The van der Waals surface area contributed by atoms with Gasteiger partial charge in [0.1, 0.15) is 0 Å². The second-order valence-electron chi connectivity index (χ2n) is 6.24. The molecule has 2 atom stereocenters. The maximum Gasteiger partial charge on any atom is 0.259 e. The lowest BCUT2D eigenvalue weighted by molar-refractivity contribution is 0.309. The zero-order chi connectivity index (χ0) is 14.4. The summed E-state index contributed by atoms with van der Waals surface area (Å²) >= 11 is 1.54. The van der Waals surface area contributed by atoms with Gasteiger partial charge in [0.15, 0.2) is 4.96 Å². The van der Waals surface area contributed by atoms with Crippen molar-refractivity contribution < 1.29 is 0 Å². The molecule has 0 bridgehead atoms. The fourth-order valence-electron chi connectivity index (χ4n) is 3.68. The van der Waals surface area contributed by atoms with E-state index in [1.165, 1.54) is 12.8 Å². The molecule has 0 spiro atoms. The molecule has 2 fully saturated rings. The van der Waals surface area contributed by atoms with Crippen LogP contribution in [0.4, 0.5) is 0 Å². The number of rotatable bonds is 2. The highest BCUT2D eigenvalue weighted by Gasteiger charge is 2.34. The molecule has 0 saturated carbocycles. The van der Waals surface area contributed by atoms with Crippen LogP contribution in [0.15, 0.2) is 16.2 Å². The second kappa shape index (κ2) is 5.19. The molecule has 0 aliphatic carbocycles. The summed E-state index contributed by atoms with van der Waals surface area (Å²) in [6, 6.07) is 2.33. The van der Waals surface area contributed by atoms with Crippen molar-refractivity contribution in [1.82, 2.24) is 19.6 Å². The van der Waals surface area contributed by atoms with E-state index >= 15 is 0 Å². The summed E-state index contributed by atoms with van der Waals surface area (Å²) in [6.45, 7) is 6.09. The predicted molar refractivity (Wildman–Crippen MR) is 83.9 cm³/mol. The molecule has 0 radical (unpaired) electrons. The summed E-state index contributed by atoms with van der Waals surface area (Å²) in [7, 11) is 0. The van der Waals surface area contributed by atoms with Crippen molar-refractivity contribution in [1.29, 1.82) is 0 Å². The van der Waals surface area contributed by atoms with E-state index in [-0.39, 0.29) is 5.56 Å². The van der Waals surface area contributed by atoms with Crippen molar-refractivity contribution in [3.8, 4) is 0 Å². The molecule has 2 aliphatic rings. The molecule has 4 heterocycles. The summed E-state index contributed by atoms with van der Waals surface area (Å²) in [5.74, 6) is 0.771. The Morgan fingerprint density at radius 2 is 2.38 bits per heavy atom. The Bertz CT molecular complexity index is 708. The Kier molecular flexibility index (Phi) is 3.32. The number of likely N-dealkylation sites (tertiary alicyclic amines) is 1. The van der Waals surface area contributed by atoms with Gasteiger partial charge in [-0.25, -0.2) is 4.98 Å². The molecule has 2 saturated heterocycles. The van der Waals surface area contributed by atoms with Crippen LogP contribution >= 0.6 is 11.3 Å². The van der Waals surface area contributed by atoms with Crippen LogP contribution in [0.1, 0.15) is 24.2 Å². The van der Waals surface area contributed by atoms with E-state index in [1.807, 2.05) is 12.3 Å². The molecule has 4 rings (SSSR count). The molecule has 1 N–H and O–H groups in total. The van der Waals surface area contributed by atoms with E-state index in [4.69, 9.17) is 0 Å². The Hall–Kier alpha value is -1.24. The van der Waals surface area contributed by atoms with Crippen LogP contribution in [0, 0.1) is 12.8 Å². The third-order valence-electron chi connectivity index (χ3n) is 4.69. The van der Waals surface area contributed by atoms with Crippen molar-refractivity contribution in [3.05, 3.63) is 33.2 Å². The molecule has 112 valence electrons. The number of piperidine rings is 1. The first-order chi connectivity index (χ1) is 10.2. The maximum atomic E-state index is 12.2. The van der Waals surface area contributed by atoms with E-state index < -0.39 is 0 Å². The molecule has 2 aromatic heterocycles. The second-order valence-corrected chi connectivity index (χ2v) is 7.07. The highest BCUT2D eigenvalue weighted by atomic mass is 32.1. The SMILES string of the molecule is Cc1csc2nc(CN3CC4CCCNC4C3)cc(=O)n12. The molecule has 21 heavy (non-hydrogen) atoms.